The highest BCUT2D eigenvalue weighted by Gasteiger charge is 2.22. The third kappa shape index (κ3) is 4.74. The van der Waals surface area contributed by atoms with Gasteiger partial charge in [0.05, 0.1) is 14.2 Å². The van der Waals surface area contributed by atoms with Crippen LogP contribution in [0.25, 0.3) is 0 Å². The minimum atomic E-state index is -3.81. The van der Waals surface area contributed by atoms with Crippen molar-refractivity contribution in [2.45, 2.75) is 24.8 Å². The number of rotatable bonds is 7. The summed E-state index contributed by atoms with van der Waals surface area (Å²) in [6.07, 6.45) is 0. The predicted molar refractivity (Wildman–Crippen MR) is 99.4 cm³/mol. The van der Waals surface area contributed by atoms with Gasteiger partial charge in [0.1, 0.15) is 16.4 Å². The van der Waals surface area contributed by atoms with Gasteiger partial charge in [-0.3, -0.25) is 4.79 Å². The molecule has 2 aromatic rings. The van der Waals surface area contributed by atoms with Gasteiger partial charge in [0.25, 0.3) is 5.91 Å². The lowest BCUT2D eigenvalue weighted by Crippen LogP contribution is -2.30. The van der Waals surface area contributed by atoms with Crippen LogP contribution >= 0.6 is 0 Å². The van der Waals surface area contributed by atoms with E-state index < -0.39 is 15.9 Å². The molecule has 0 unspecified atom stereocenters. The van der Waals surface area contributed by atoms with Crippen LogP contribution in [0.15, 0.2) is 47.4 Å². The number of hydrogen-bond acceptors (Lipinski definition) is 5. The predicted octanol–water partition coefficient (Wildman–Crippen LogP) is 2.64. The second kappa shape index (κ2) is 8.20. The average Bonchev–Trinajstić information content (AvgIpc) is 2.60. The zero-order chi connectivity index (χ0) is 19.3. The summed E-state index contributed by atoms with van der Waals surface area (Å²) in [7, 11) is -0.882. The summed E-state index contributed by atoms with van der Waals surface area (Å²) in [5.41, 5.74) is 0.766. The first-order chi connectivity index (χ1) is 12.3. The Labute approximate surface area is 153 Å². The van der Waals surface area contributed by atoms with E-state index in [1.54, 1.807) is 45.2 Å². The quantitative estimate of drug-likeness (QED) is 0.772. The molecule has 0 aromatic heterocycles. The molecule has 0 radical (unpaired) electrons. The Bertz CT molecular complexity index is 877. The van der Waals surface area contributed by atoms with Crippen molar-refractivity contribution < 1.29 is 22.7 Å². The lowest BCUT2D eigenvalue weighted by molar-refractivity contribution is 0.102. The highest BCUT2D eigenvalue weighted by molar-refractivity contribution is 7.89. The van der Waals surface area contributed by atoms with Crippen LogP contribution < -0.4 is 19.5 Å². The molecule has 8 heteroatoms. The van der Waals surface area contributed by atoms with Crippen molar-refractivity contribution >= 4 is 21.6 Å². The van der Waals surface area contributed by atoms with Gasteiger partial charge in [0.15, 0.2) is 0 Å². The number of carbonyl (C=O) groups excluding carboxylic acids is 1. The Morgan fingerprint density at radius 1 is 1.00 bits per heavy atom. The normalized spacial score (nSPS) is 11.3. The summed E-state index contributed by atoms with van der Waals surface area (Å²) in [5, 5.41) is 2.72. The van der Waals surface area contributed by atoms with E-state index in [-0.39, 0.29) is 22.3 Å². The number of methoxy groups -OCH3 is 2. The van der Waals surface area contributed by atoms with Crippen LogP contribution in [-0.2, 0) is 10.0 Å². The summed E-state index contributed by atoms with van der Waals surface area (Å²) in [5.74, 6) is 0.401. The van der Waals surface area contributed by atoms with E-state index in [0.29, 0.717) is 11.4 Å². The lowest BCUT2D eigenvalue weighted by Gasteiger charge is -2.14. The monoisotopic (exact) mass is 378 g/mol. The fourth-order valence-corrected chi connectivity index (χ4v) is 3.73. The Morgan fingerprint density at radius 2 is 1.65 bits per heavy atom. The number of anilines is 1. The Hall–Kier alpha value is -2.58. The van der Waals surface area contributed by atoms with Gasteiger partial charge in [0.2, 0.25) is 10.0 Å². The summed E-state index contributed by atoms with van der Waals surface area (Å²) >= 11 is 0. The molecule has 140 valence electrons. The number of sulfonamides is 1. The molecule has 0 saturated heterocycles. The molecule has 0 heterocycles. The minimum absolute atomic E-state index is 0.0870. The lowest BCUT2D eigenvalue weighted by atomic mass is 10.2. The first-order valence-electron chi connectivity index (χ1n) is 7.92. The third-order valence-corrected chi connectivity index (χ3v) is 5.13. The first kappa shape index (κ1) is 19.7. The molecule has 0 atom stereocenters. The maximum atomic E-state index is 12.5. The molecular formula is C18H22N2O5S. The fraction of sp³-hybridized carbons (Fsp3) is 0.278. The molecule has 0 fully saturated rings. The highest BCUT2D eigenvalue weighted by atomic mass is 32.2. The fourth-order valence-electron chi connectivity index (χ4n) is 2.28. The number of carbonyl (C=O) groups is 1. The van der Waals surface area contributed by atoms with Crippen molar-refractivity contribution in [1.82, 2.24) is 4.72 Å². The largest absolute Gasteiger partial charge is 0.497 e. The van der Waals surface area contributed by atoms with Crippen LogP contribution in [-0.4, -0.2) is 34.6 Å². The van der Waals surface area contributed by atoms with Crippen molar-refractivity contribution in [2.24, 2.45) is 0 Å². The maximum Gasteiger partial charge on any atom is 0.255 e. The van der Waals surface area contributed by atoms with Crippen molar-refractivity contribution in [3.63, 3.8) is 0 Å². The van der Waals surface area contributed by atoms with Gasteiger partial charge in [-0.15, -0.1) is 0 Å². The van der Waals surface area contributed by atoms with E-state index in [4.69, 9.17) is 9.47 Å². The number of ether oxygens (including phenoxy) is 2. The van der Waals surface area contributed by atoms with Gasteiger partial charge >= 0.3 is 0 Å². The maximum absolute atomic E-state index is 12.5. The zero-order valence-corrected chi connectivity index (χ0v) is 15.9. The van der Waals surface area contributed by atoms with Crippen LogP contribution in [0.2, 0.25) is 0 Å². The summed E-state index contributed by atoms with van der Waals surface area (Å²) < 4.78 is 37.7. The molecule has 0 aliphatic rings. The van der Waals surface area contributed by atoms with Gasteiger partial charge in [-0.2, -0.15) is 0 Å². The molecular weight excluding hydrogens is 356 g/mol. The summed E-state index contributed by atoms with van der Waals surface area (Å²) in [4.78, 5) is 12.4. The molecule has 2 N–H and O–H groups in total. The molecule has 2 rings (SSSR count). The molecule has 26 heavy (non-hydrogen) atoms. The van der Waals surface area contributed by atoms with E-state index in [2.05, 4.69) is 10.0 Å². The van der Waals surface area contributed by atoms with Crippen molar-refractivity contribution in [3.8, 4) is 11.5 Å². The zero-order valence-electron chi connectivity index (χ0n) is 15.1. The first-order valence-corrected chi connectivity index (χ1v) is 9.41. The number of hydrogen-bond donors (Lipinski definition) is 2. The number of amides is 1. The molecule has 0 aliphatic carbocycles. The summed E-state index contributed by atoms with van der Waals surface area (Å²) in [6, 6.07) is 10.8. The molecule has 0 bridgehead atoms. The van der Waals surface area contributed by atoms with Crippen LogP contribution in [0.3, 0.4) is 0 Å². The standard InChI is InChI=1S/C18H22N2O5S/c1-12(2)20-26(22,23)17-11-13(5-10-16(17)25-4)18(21)19-14-6-8-15(24-3)9-7-14/h5-12,20H,1-4H3,(H,19,21). The second-order valence-electron chi connectivity index (χ2n) is 5.82. The van der Waals surface area contributed by atoms with E-state index in [1.807, 2.05) is 0 Å². The van der Waals surface area contributed by atoms with E-state index in [9.17, 15) is 13.2 Å². The molecule has 0 aliphatic heterocycles. The van der Waals surface area contributed by atoms with Crippen LogP contribution in [0.4, 0.5) is 5.69 Å². The SMILES string of the molecule is COc1ccc(NC(=O)c2ccc(OC)c(S(=O)(=O)NC(C)C)c2)cc1. The van der Waals surface area contributed by atoms with Gasteiger partial charge in [0, 0.05) is 17.3 Å². The third-order valence-electron chi connectivity index (χ3n) is 3.45. The van der Waals surface area contributed by atoms with Gasteiger partial charge in [-0.25, -0.2) is 13.1 Å². The Morgan fingerprint density at radius 3 is 2.19 bits per heavy atom. The topological polar surface area (TPSA) is 93.7 Å². The average molecular weight is 378 g/mol. The van der Waals surface area contributed by atoms with Crippen molar-refractivity contribution in [1.29, 1.82) is 0 Å². The number of nitrogens with one attached hydrogen (secondary N) is 2. The van der Waals surface area contributed by atoms with E-state index in [1.165, 1.54) is 25.3 Å². The Kier molecular flexibility index (Phi) is 6.23. The van der Waals surface area contributed by atoms with Gasteiger partial charge in [-0.05, 0) is 56.3 Å². The molecule has 0 spiro atoms. The molecule has 0 saturated carbocycles. The van der Waals surface area contributed by atoms with Crippen molar-refractivity contribution in [3.05, 3.63) is 48.0 Å². The Balaban J connectivity index is 2.31. The highest BCUT2D eigenvalue weighted by Crippen LogP contribution is 2.26. The smallest absolute Gasteiger partial charge is 0.255 e. The van der Waals surface area contributed by atoms with Crippen LogP contribution in [0.5, 0.6) is 11.5 Å². The minimum Gasteiger partial charge on any atom is -0.497 e. The number of benzene rings is 2. The van der Waals surface area contributed by atoms with E-state index >= 15 is 0 Å². The van der Waals surface area contributed by atoms with Gasteiger partial charge in [-0.1, -0.05) is 0 Å². The van der Waals surface area contributed by atoms with Crippen LogP contribution in [0, 0.1) is 0 Å². The molecule has 2 aromatic carbocycles. The molecule has 1 amide bonds. The van der Waals surface area contributed by atoms with Crippen LogP contribution in [0.1, 0.15) is 24.2 Å². The molecule has 7 nitrogen and oxygen atoms in total. The van der Waals surface area contributed by atoms with E-state index in [0.717, 1.165) is 0 Å². The summed E-state index contributed by atoms with van der Waals surface area (Å²) in [6.45, 7) is 3.43. The van der Waals surface area contributed by atoms with Gasteiger partial charge < -0.3 is 14.8 Å². The van der Waals surface area contributed by atoms with Crippen molar-refractivity contribution in [2.75, 3.05) is 19.5 Å². The second-order valence-corrected chi connectivity index (χ2v) is 7.51.